The molecule has 0 fully saturated rings. The highest BCUT2D eigenvalue weighted by Crippen LogP contribution is 2.08. The summed E-state index contributed by atoms with van der Waals surface area (Å²) in [7, 11) is 0. The van der Waals surface area contributed by atoms with Gasteiger partial charge in [-0.1, -0.05) is 0 Å². The third-order valence-corrected chi connectivity index (χ3v) is 4.10. The van der Waals surface area contributed by atoms with E-state index in [0.717, 1.165) is 0 Å². The minimum absolute atomic E-state index is 0.0000617. The van der Waals surface area contributed by atoms with Crippen LogP contribution in [0.5, 0.6) is 0 Å². The average Bonchev–Trinajstić information content (AvgIpc) is 2.68. The van der Waals surface area contributed by atoms with E-state index < -0.39 is 35.6 Å². The van der Waals surface area contributed by atoms with Gasteiger partial charge in [0, 0.05) is 13.0 Å². The molecule has 0 spiro atoms. The van der Waals surface area contributed by atoms with Gasteiger partial charge in [0.05, 0.1) is 18.4 Å². The lowest BCUT2D eigenvalue weighted by Gasteiger charge is -2.23. The molecule has 13 nitrogen and oxygen atoms in total. The Morgan fingerprint density at radius 1 is 1.06 bits per heavy atom. The molecule has 0 unspecified atom stereocenters. The van der Waals surface area contributed by atoms with Crippen molar-refractivity contribution in [2.24, 2.45) is 22.2 Å². The maximum Gasteiger partial charge on any atom is 0.408 e. The van der Waals surface area contributed by atoms with Gasteiger partial charge in [-0.2, -0.15) is 0 Å². The lowest BCUT2D eigenvalue weighted by Crippen LogP contribution is -2.50. The summed E-state index contributed by atoms with van der Waals surface area (Å²) in [6.07, 6.45) is 2.31. The zero-order valence-corrected chi connectivity index (χ0v) is 19.6. The number of guanidine groups is 1. The number of alkyl carbamates (subject to hydrolysis) is 1. The third kappa shape index (κ3) is 16.9. The number of aliphatic imine (C=N–C) groups is 1. The molecule has 0 aromatic carbocycles. The first-order valence-corrected chi connectivity index (χ1v) is 10.7. The highest BCUT2D eigenvalue weighted by molar-refractivity contribution is 5.90. The molecule has 188 valence electrons. The van der Waals surface area contributed by atoms with E-state index in [1.54, 1.807) is 20.8 Å². The van der Waals surface area contributed by atoms with Crippen molar-refractivity contribution in [2.75, 3.05) is 13.1 Å². The molecule has 0 aromatic heterocycles. The molecule has 0 bridgehead atoms. The number of carbonyl (C=O) groups is 4. The Hall–Kier alpha value is -3.38. The van der Waals surface area contributed by atoms with Crippen LogP contribution in [0.1, 0.15) is 59.3 Å². The van der Waals surface area contributed by atoms with E-state index in [1.165, 1.54) is 0 Å². The van der Waals surface area contributed by atoms with Crippen LogP contribution in [0.25, 0.3) is 0 Å². The molecule has 0 saturated heterocycles. The number of nitrogens with zero attached hydrogens (tertiary/aromatic N) is 1. The second-order valence-electron chi connectivity index (χ2n) is 8.45. The molecule has 0 aliphatic carbocycles. The van der Waals surface area contributed by atoms with Crippen LogP contribution in [0.15, 0.2) is 4.99 Å². The number of ether oxygens (including phenoxy) is 1. The lowest BCUT2D eigenvalue weighted by atomic mass is 10.1. The number of rotatable bonds is 15. The van der Waals surface area contributed by atoms with Crippen LogP contribution in [0.3, 0.4) is 0 Å². The Kier molecular flexibility index (Phi) is 13.8. The molecule has 0 rings (SSSR count). The van der Waals surface area contributed by atoms with Crippen LogP contribution in [-0.2, 0) is 19.1 Å². The zero-order chi connectivity index (χ0) is 25.4. The van der Waals surface area contributed by atoms with E-state index in [1.807, 2.05) is 0 Å². The molecule has 0 aliphatic heterocycles. The Morgan fingerprint density at radius 3 is 2.27 bits per heavy atom. The summed E-state index contributed by atoms with van der Waals surface area (Å²) in [6.45, 7) is 5.09. The summed E-state index contributed by atoms with van der Waals surface area (Å²) in [4.78, 5) is 51.8. The normalized spacial score (nSPS) is 12.6. The molecule has 0 radical (unpaired) electrons. The van der Waals surface area contributed by atoms with Gasteiger partial charge in [-0.3, -0.25) is 20.0 Å². The van der Waals surface area contributed by atoms with E-state index in [0.29, 0.717) is 44.9 Å². The number of hydrogen-bond acceptors (Lipinski definition) is 7. The van der Waals surface area contributed by atoms with Crippen molar-refractivity contribution in [1.82, 2.24) is 16.0 Å². The molecule has 33 heavy (non-hydrogen) atoms. The summed E-state index contributed by atoms with van der Waals surface area (Å²) >= 11 is 0. The minimum Gasteiger partial charge on any atom is -0.444 e. The van der Waals surface area contributed by atoms with Gasteiger partial charge in [-0.25, -0.2) is 4.79 Å². The molecular formula is C20H38N8O5. The number of nitrogens with one attached hydrogen (secondary N) is 4. The van der Waals surface area contributed by atoms with Crippen molar-refractivity contribution in [3.8, 4) is 0 Å². The van der Waals surface area contributed by atoms with Crippen LogP contribution in [-0.4, -0.2) is 66.8 Å². The zero-order valence-electron chi connectivity index (χ0n) is 19.6. The number of unbranched alkanes of at least 4 members (excludes halogenated alkanes) is 1. The Morgan fingerprint density at radius 2 is 1.73 bits per heavy atom. The standard InChI is InChI=1S/C20H38N8O5/c1-20(2,3)33-19(32)28-14(8-4-5-10-25-18(23)24)17(31)26-11-16(30)27-13(12-29)7-6-9-15(21)22/h12-14H,4-11H2,1-3H3,(H3,21,22)(H,26,31)(H,27,30)(H,28,32)(H4,23,24,25)/t13-,14+/m0/s1. The molecule has 13 heteroatoms. The SMILES string of the molecule is CC(C)(C)OC(=O)N[C@H](CCCCN=C(N)N)C(=O)NCC(=O)N[C@H](C=O)CCCC(=N)N. The fourth-order valence-electron chi connectivity index (χ4n) is 2.62. The van der Waals surface area contributed by atoms with Crippen LogP contribution < -0.4 is 33.2 Å². The Bertz CT molecular complexity index is 701. The van der Waals surface area contributed by atoms with Crippen molar-refractivity contribution in [3.05, 3.63) is 0 Å². The van der Waals surface area contributed by atoms with Gasteiger partial charge in [0.1, 0.15) is 17.9 Å². The van der Waals surface area contributed by atoms with Gasteiger partial charge < -0.3 is 42.7 Å². The van der Waals surface area contributed by atoms with E-state index in [9.17, 15) is 19.2 Å². The summed E-state index contributed by atoms with van der Waals surface area (Å²) in [6, 6.07) is -1.69. The molecule has 2 atom stereocenters. The maximum atomic E-state index is 12.6. The van der Waals surface area contributed by atoms with Gasteiger partial charge in [0.25, 0.3) is 0 Å². The van der Waals surface area contributed by atoms with Gasteiger partial charge in [-0.05, 0) is 52.9 Å². The quantitative estimate of drug-likeness (QED) is 0.0693. The van der Waals surface area contributed by atoms with Crippen molar-refractivity contribution in [3.63, 3.8) is 0 Å². The van der Waals surface area contributed by atoms with Crippen molar-refractivity contribution in [2.45, 2.75) is 77.0 Å². The molecular weight excluding hydrogens is 432 g/mol. The topological polar surface area (TPSA) is 228 Å². The van der Waals surface area contributed by atoms with Crippen LogP contribution in [0.4, 0.5) is 4.79 Å². The predicted molar refractivity (Wildman–Crippen MR) is 124 cm³/mol. The smallest absolute Gasteiger partial charge is 0.408 e. The minimum atomic E-state index is -0.940. The number of carbonyl (C=O) groups excluding carboxylic acids is 4. The van der Waals surface area contributed by atoms with Gasteiger partial charge in [-0.15, -0.1) is 0 Å². The number of aldehydes is 1. The maximum absolute atomic E-state index is 12.6. The number of amidine groups is 1. The number of hydrogen-bond donors (Lipinski definition) is 7. The molecule has 0 heterocycles. The summed E-state index contributed by atoms with van der Waals surface area (Å²) in [5.41, 5.74) is 15.1. The lowest BCUT2D eigenvalue weighted by molar-refractivity contribution is -0.128. The second kappa shape index (κ2) is 15.4. The van der Waals surface area contributed by atoms with E-state index >= 15 is 0 Å². The van der Waals surface area contributed by atoms with Crippen molar-refractivity contribution < 1.29 is 23.9 Å². The van der Waals surface area contributed by atoms with E-state index in [4.69, 9.17) is 27.3 Å². The first kappa shape index (κ1) is 29.6. The van der Waals surface area contributed by atoms with Crippen LogP contribution in [0.2, 0.25) is 0 Å². The Balaban J connectivity index is 4.78. The Labute approximate surface area is 194 Å². The van der Waals surface area contributed by atoms with Crippen molar-refractivity contribution >= 4 is 36.0 Å². The highest BCUT2D eigenvalue weighted by Gasteiger charge is 2.24. The summed E-state index contributed by atoms with van der Waals surface area (Å²) in [5.74, 6) is -1.17. The van der Waals surface area contributed by atoms with Gasteiger partial charge in [0.2, 0.25) is 11.8 Å². The molecule has 0 aromatic rings. The fraction of sp³-hybridized carbons (Fsp3) is 0.700. The van der Waals surface area contributed by atoms with Gasteiger partial charge >= 0.3 is 6.09 Å². The largest absolute Gasteiger partial charge is 0.444 e. The first-order chi connectivity index (χ1) is 15.3. The third-order valence-electron chi connectivity index (χ3n) is 4.10. The monoisotopic (exact) mass is 470 g/mol. The predicted octanol–water partition coefficient (Wildman–Crippen LogP) is -0.770. The summed E-state index contributed by atoms with van der Waals surface area (Å²) in [5, 5.41) is 14.6. The average molecular weight is 471 g/mol. The van der Waals surface area contributed by atoms with Gasteiger partial charge in [0.15, 0.2) is 5.96 Å². The van der Waals surface area contributed by atoms with E-state index in [2.05, 4.69) is 20.9 Å². The van der Waals surface area contributed by atoms with Crippen LogP contribution in [0, 0.1) is 5.41 Å². The highest BCUT2D eigenvalue weighted by atomic mass is 16.6. The molecule has 0 saturated carbocycles. The van der Waals surface area contributed by atoms with E-state index in [-0.39, 0.29) is 24.8 Å². The molecule has 3 amide bonds. The molecule has 10 N–H and O–H groups in total. The summed E-state index contributed by atoms with van der Waals surface area (Å²) < 4.78 is 5.20. The number of amides is 3. The number of nitrogens with two attached hydrogens (primary N) is 3. The fourth-order valence-corrected chi connectivity index (χ4v) is 2.62. The van der Waals surface area contributed by atoms with Crippen molar-refractivity contribution in [1.29, 1.82) is 5.41 Å². The molecule has 0 aliphatic rings. The second-order valence-corrected chi connectivity index (χ2v) is 8.45. The first-order valence-electron chi connectivity index (χ1n) is 10.7. The van der Waals surface area contributed by atoms with Crippen LogP contribution >= 0.6 is 0 Å².